The second-order valence-electron chi connectivity index (χ2n) is 2.86. The maximum absolute atomic E-state index is 8.46. The summed E-state index contributed by atoms with van der Waals surface area (Å²) in [5.41, 5.74) is 0.859. The molecule has 0 fully saturated rings. The van der Waals surface area contributed by atoms with Gasteiger partial charge < -0.3 is 4.52 Å². The molecule has 5 heteroatoms. The lowest BCUT2D eigenvalue weighted by molar-refractivity contribution is 0.388. The van der Waals surface area contributed by atoms with Crippen molar-refractivity contribution < 1.29 is 4.52 Å². The van der Waals surface area contributed by atoms with Crippen molar-refractivity contribution in [2.75, 3.05) is 0 Å². The van der Waals surface area contributed by atoms with Crippen molar-refractivity contribution in [1.82, 2.24) is 10.1 Å². The molecule has 0 spiro atoms. The molecule has 0 aliphatic heterocycles. The van der Waals surface area contributed by atoms with Gasteiger partial charge in [-0.1, -0.05) is 33.2 Å². The van der Waals surface area contributed by atoms with Crippen LogP contribution < -0.4 is 0 Å². The number of aromatic nitrogens is 2. The zero-order chi connectivity index (χ0) is 10.7. The third-order valence-electron chi connectivity index (χ3n) is 1.78. The summed E-state index contributed by atoms with van der Waals surface area (Å²) in [7, 11) is 0. The number of hydrogen-bond donors (Lipinski definition) is 0. The zero-order valence-corrected chi connectivity index (χ0v) is 9.23. The molecule has 2 rings (SSSR count). The molecule has 2 aromatic rings. The predicted molar refractivity (Wildman–Crippen MR) is 56.8 cm³/mol. The fourth-order valence-corrected chi connectivity index (χ4v) is 1.54. The van der Waals surface area contributed by atoms with E-state index in [0.29, 0.717) is 11.7 Å². The SMILES string of the molecule is N#CCc1nc(-c2cccc(Br)c2)no1. The summed E-state index contributed by atoms with van der Waals surface area (Å²) in [6.07, 6.45) is 0.140. The van der Waals surface area contributed by atoms with Crippen molar-refractivity contribution in [3.8, 4) is 17.5 Å². The van der Waals surface area contributed by atoms with E-state index in [2.05, 4.69) is 26.1 Å². The van der Waals surface area contributed by atoms with Gasteiger partial charge in [-0.15, -0.1) is 0 Å². The van der Waals surface area contributed by atoms with Crippen LogP contribution in [0.3, 0.4) is 0 Å². The molecule has 0 aliphatic carbocycles. The van der Waals surface area contributed by atoms with Gasteiger partial charge in [-0.25, -0.2) is 0 Å². The Labute approximate surface area is 94.7 Å². The first kappa shape index (κ1) is 9.87. The smallest absolute Gasteiger partial charge is 0.241 e. The second kappa shape index (κ2) is 4.24. The van der Waals surface area contributed by atoms with Crippen molar-refractivity contribution in [3.05, 3.63) is 34.6 Å². The van der Waals surface area contributed by atoms with Gasteiger partial charge in [0, 0.05) is 10.0 Å². The number of nitriles is 1. The highest BCUT2D eigenvalue weighted by Gasteiger charge is 2.07. The van der Waals surface area contributed by atoms with Crippen LogP contribution in [0.1, 0.15) is 5.89 Å². The monoisotopic (exact) mass is 263 g/mol. The van der Waals surface area contributed by atoms with E-state index in [-0.39, 0.29) is 6.42 Å². The highest BCUT2D eigenvalue weighted by Crippen LogP contribution is 2.20. The van der Waals surface area contributed by atoms with Crippen LogP contribution in [0.2, 0.25) is 0 Å². The molecule has 0 unspecified atom stereocenters. The fraction of sp³-hybridized carbons (Fsp3) is 0.100. The van der Waals surface area contributed by atoms with Gasteiger partial charge in [0.1, 0.15) is 6.42 Å². The third kappa shape index (κ3) is 2.22. The van der Waals surface area contributed by atoms with Crippen LogP contribution in [0.5, 0.6) is 0 Å². The molecule has 1 aromatic carbocycles. The molecule has 74 valence electrons. The van der Waals surface area contributed by atoms with Crippen molar-refractivity contribution >= 4 is 15.9 Å². The average Bonchev–Trinajstić information content (AvgIpc) is 2.67. The Kier molecular flexibility index (Phi) is 2.79. The van der Waals surface area contributed by atoms with Crippen LogP contribution >= 0.6 is 15.9 Å². The third-order valence-corrected chi connectivity index (χ3v) is 2.27. The van der Waals surface area contributed by atoms with Crippen molar-refractivity contribution in [2.24, 2.45) is 0 Å². The van der Waals surface area contributed by atoms with E-state index in [4.69, 9.17) is 9.78 Å². The lowest BCUT2D eigenvalue weighted by atomic mass is 10.2. The van der Waals surface area contributed by atoms with E-state index >= 15 is 0 Å². The van der Waals surface area contributed by atoms with E-state index in [1.54, 1.807) is 0 Å². The molecule has 0 bridgehead atoms. The maximum atomic E-state index is 8.46. The lowest BCUT2D eigenvalue weighted by Gasteiger charge is -1.93. The van der Waals surface area contributed by atoms with Crippen molar-refractivity contribution in [1.29, 1.82) is 5.26 Å². The van der Waals surface area contributed by atoms with Crippen LogP contribution in [0.15, 0.2) is 33.3 Å². The molecular formula is C10H6BrN3O. The van der Waals surface area contributed by atoms with Crippen LogP contribution in [0.4, 0.5) is 0 Å². The van der Waals surface area contributed by atoms with E-state index in [1.165, 1.54) is 0 Å². The van der Waals surface area contributed by atoms with E-state index in [1.807, 2.05) is 30.3 Å². The number of nitrogens with zero attached hydrogens (tertiary/aromatic N) is 3. The Morgan fingerprint density at radius 3 is 3.07 bits per heavy atom. The van der Waals surface area contributed by atoms with Crippen LogP contribution in [0, 0.1) is 11.3 Å². The first-order valence-corrected chi connectivity index (χ1v) is 5.04. The maximum Gasteiger partial charge on any atom is 0.241 e. The fourth-order valence-electron chi connectivity index (χ4n) is 1.14. The first-order chi connectivity index (χ1) is 7.29. The van der Waals surface area contributed by atoms with Gasteiger partial charge in [-0.3, -0.25) is 0 Å². The Bertz CT molecular complexity index is 515. The highest BCUT2D eigenvalue weighted by atomic mass is 79.9. The van der Waals surface area contributed by atoms with Crippen LogP contribution in [-0.4, -0.2) is 10.1 Å². The molecule has 4 nitrogen and oxygen atoms in total. The van der Waals surface area contributed by atoms with Gasteiger partial charge in [-0.05, 0) is 12.1 Å². The van der Waals surface area contributed by atoms with E-state index in [9.17, 15) is 0 Å². The summed E-state index contributed by atoms with van der Waals surface area (Å²) in [4.78, 5) is 4.09. The van der Waals surface area contributed by atoms with Crippen LogP contribution in [0.25, 0.3) is 11.4 Å². The predicted octanol–water partition coefficient (Wildman–Crippen LogP) is 2.57. The van der Waals surface area contributed by atoms with E-state index in [0.717, 1.165) is 10.0 Å². The average molecular weight is 264 g/mol. The van der Waals surface area contributed by atoms with Gasteiger partial charge in [-0.2, -0.15) is 10.2 Å². The number of halogens is 1. The van der Waals surface area contributed by atoms with Gasteiger partial charge in [0.2, 0.25) is 11.7 Å². The molecule has 1 heterocycles. The normalized spacial score (nSPS) is 9.87. The summed E-state index contributed by atoms with van der Waals surface area (Å²) < 4.78 is 5.85. The summed E-state index contributed by atoms with van der Waals surface area (Å²) in [5, 5.41) is 12.2. The summed E-state index contributed by atoms with van der Waals surface area (Å²) >= 11 is 3.36. The van der Waals surface area contributed by atoms with Gasteiger partial charge in [0.05, 0.1) is 6.07 Å². The second-order valence-corrected chi connectivity index (χ2v) is 3.77. The minimum absolute atomic E-state index is 0.140. The molecule has 0 amide bonds. The summed E-state index contributed by atoms with van der Waals surface area (Å²) in [6, 6.07) is 9.53. The largest absolute Gasteiger partial charge is 0.338 e. The molecule has 0 saturated carbocycles. The lowest BCUT2D eigenvalue weighted by Crippen LogP contribution is -1.82. The molecule has 1 aromatic heterocycles. The first-order valence-electron chi connectivity index (χ1n) is 4.25. The molecule has 0 radical (unpaired) electrons. The molecule has 0 N–H and O–H groups in total. The molecule has 0 saturated heterocycles. The van der Waals surface area contributed by atoms with Crippen molar-refractivity contribution in [3.63, 3.8) is 0 Å². The minimum atomic E-state index is 0.140. The molecule has 15 heavy (non-hydrogen) atoms. The molecule has 0 aliphatic rings. The standard InChI is InChI=1S/C10H6BrN3O/c11-8-3-1-2-7(6-8)10-13-9(4-5-12)15-14-10/h1-3,6H,4H2. The van der Waals surface area contributed by atoms with Crippen LogP contribution in [-0.2, 0) is 6.42 Å². The topological polar surface area (TPSA) is 62.7 Å². The molecular weight excluding hydrogens is 258 g/mol. The van der Waals surface area contributed by atoms with Gasteiger partial charge in [0.15, 0.2) is 0 Å². The summed E-state index contributed by atoms with van der Waals surface area (Å²) in [5.74, 6) is 0.842. The van der Waals surface area contributed by atoms with Crippen molar-refractivity contribution in [2.45, 2.75) is 6.42 Å². The Morgan fingerprint density at radius 1 is 1.47 bits per heavy atom. The number of hydrogen-bond acceptors (Lipinski definition) is 4. The zero-order valence-electron chi connectivity index (χ0n) is 7.64. The highest BCUT2D eigenvalue weighted by molar-refractivity contribution is 9.10. The Morgan fingerprint density at radius 2 is 2.33 bits per heavy atom. The molecule has 0 atom stereocenters. The Balaban J connectivity index is 2.34. The van der Waals surface area contributed by atoms with Gasteiger partial charge in [0.25, 0.3) is 0 Å². The minimum Gasteiger partial charge on any atom is -0.338 e. The number of benzene rings is 1. The van der Waals surface area contributed by atoms with E-state index < -0.39 is 0 Å². The quantitative estimate of drug-likeness (QED) is 0.836. The number of rotatable bonds is 2. The van der Waals surface area contributed by atoms with Gasteiger partial charge >= 0.3 is 0 Å². The Hall–Kier alpha value is -1.67. The summed E-state index contributed by atoms with van der Waals surface area (Å²) in [6.45, 7) is 0.